The Hall–Kier alpha value is -1.79. The maximum Gasteiger partial charge on any atom is 0.226 e. The van der Waals surface area contributed by atoms with Gasteiger partial charge in [-0.2, -0.15) is 0 Å². The molecule has 1 aromatic carbocycles. The summed E-state index contributed by atoms with van der Waals surface area (Å²) in [6.07, 6.45) is 5.71. The van der Waals surface area contributed by atoms with Gasteiger partial charge in [0, 0.05) is 31.2 Å². The predicted molar refractivity (Wildman–Crippen MR) is 103 cm³/mol. The van der Waals surface area contributed by atoms with Crippen LogP contribution in [0.1, 0.15) is 43.7 Å². The van der Waals surface area contributed by atoms with Crippen molar-refractivity contribution >= 4 is 23.5 Å². The van der Waals surface area contributed by atoms with Crippen molar-refractivity contribution in [1.29, 1.82) is 0 Å². The molecule has 2 heterocycles. The van der Waals surface area contributed by atoms with E-state index in [0.29, 0.717) is 11.9 Å². The van der Waals surface area contributed by atoms with E-state index in [2.05, 4.69) is 17.6 Å². The molecule has 1 unspecified atom stereocenters. The smallest absolute Gasteiger partial charge is 0.226 e. The lowest BCUT2D eigenvalue weighted by atomic mass is 9.85. The molecule has 1 fully saturated rings. The maximum absolute atomic E-state index is 12.9. The Balaban J connectivity index is 1.28. The standard InChI is InChI=1S/C20H25N3O2S/c1-14(24)20-23(10-11-26-20)21-18-8-6-15(7-9-18)19(25)22-12-16-4-2-3-5-17(16)13-22/h2-5,10-11,15,18,20-21H,6-9,12-13H2,1H3. The number of hydrogen-bond donors (Lipinski definition) is 1. The van der Waals surface area contributed by atoms with Crippen LogP contribution in [-0.4, -0.2) is 33.0 Å². The molecule has 0 saturated heterocycles. The van der Waals surface area contributed by atoms with Gasteiger partial charge in [-0.1, -0.05) is 36.0 Å². The fourth-order valence-corrected chi connectivity index (χ4v) is 4.95. The van der Waals surface area contributed by atoms with E-state index in [9.17, 15) is 9.59 Å². The second kappa shape index (κ2) is 7.45. The molecular weight excluding hydrogens is 346 g/mol. The van der Waals surface area contributed by atoms with Crippen LogP contribution in [0.3, 0.4) is 0 Å². The van der Waals surface area contributed by atoms with E-state index in [1.54, 1.807) is 6.92 Å². The van der Waals surface area contributed by atoms with Crippen molar-refractivity contribution in [2.75, 3.05) is 0 Å². The molecule has 0 spiro atoms. The van der Waals surface area contributed by atoms with Gasteiger partial charge in [0.1, 0.15) is 0 Å². The highest BCUT2D eigenvalue weighted by Crippen LogP contribution is 2.31. The van der Waals surface area contributed by atoms with Gasteiger partial charge in [0.15, 0.2) is 11.2 Å². The van der Waals surface area contributed by atoms with Crippen molar-refractivity contribution in [3.8, 4) is 0 Å². The summed E-state index contributed by atoms with van der Waals surface area (Å²) >= 11 is 1.54. The molecule has 1 aromatic rings. The number of fused-ring (bicyclic) bond motifs is 1. The molecule has 26 heavy (non-hydrogen) atoms. The van der Waals surface area contributed by atoms with Gasteiger partial charge in [-0.15, -0.1) is 0 Å². The number of carbonyl (C=O) groups excluding carboxylic acids is 2. The van der Waals surface area contributed by atoms with Crippen molar-refractivity contribution in [3.05, 3.63) is 47.0 Å². The van der Waals surface area contributed by atoms with Gasteiger partial charge in [-0.25, -0.2) is 5.43 Å². The van der Waals surface area contributed by atoms with Gasteiger partial charge in [0.2, 0.25) is 5.91 Å². The van der Waals surface area contributed by atoms with Crippen LogP contribution in [0.4, 0.5) is 0 Å². The number of amides is 1. The first-order chi connectivity index (χ1) is 12.6. The lowest BCUT2D eigenvalue weighted by Gasteiger charge is -2.34. The first kappa shape index (κ1) is 17.6. The van der Waals surface area contributed by atoms with E-state index in [1.807, 2.05) is 33.6 Å². The molecule has 2 aliphatic heterocycles. The molecule has 1 saturated carbocycles. The number of benzene rings is 1. The zero-order valence-electron chi connectivity index (χ0n) is 15.1. The van der Waals surface area contributed by atoms with Crippen molar-refractivity contribution in [2.24, 2.45) is 5.92 Å². The van der Waals surface area contributed by atoms with Gasteiger partial charge >= 0.3 is 0 Å². The lowest BCUT2D eigenvalue weighted by Crippen LogP contribution is -2.48. The Morgan fingerprint density at radius 3 is 2.35 bits per heavy atom. The van der Waals surface area contributed by atoms with E-state index < -0.39 is 0 Å². The Kier molecular flexibility index (Phi) is 5.05. The Morgan fingerprint density at radius 2 is 1.73 bits per heavy atom. The van der Waals surface area contributed by atoms with Crippen LogP contribution in [0, 0.1) is 5.92 Å². The molecular formula is C20H25N3O2S. The van der Waals surface area contributed by atoms with E-state index in [-0.39, 0.29) is 17.1 Å². The summed E-state index contributed by atoms with van der Waals surface area (Å²) in [5.74, 6) is 0.595. The maximum atomic E-state index is 12.9. The molecule has 0 aromatic heterocycles. The highest BCUT2D eigenvalue weighted by atomic mass is 32.2. The summed E-state index contributed by atoms with van der Waals surface area (Å²) in [6, 6.07) is 8.67. The summed E-state index contributed by atoms with van der Waals surface area (Å²) in [5, 5.41) is 3.73. The zero-order valence-corrected chi connectivity index (χ0v) is 15.9. The molecule has 1 amide bonds. The molecule has 1 atom stereocenters. The molecule has 4 rings (SSSR count). The number of nitrogens with zero attached hydrogens (tertiary/aromatic N) is 2. The van der Waals surface area contributed by atoms with Crippen molar-refractivity contribution in [1.82, 2.24) is 15.3 Å². The second-order valence-corrected chi connectivity index (χ2v) is 8.42. The average Bonchev–Trinajstić information content (AvgIpc) is 3.28. The fourth-order valence-electron chi connectivity index (χ4n) is 4.15. The molecule has 1 N–H and O–H groups in total. The van der Waals surface area contributed by atoms with Crippen LogP contribution in [0.2, 0.25) is 0 Å². The predicted octanol–water partition coefficient (Wildman–Crippen LogP) is 3.03. The van der Waals surface area contributed by atoms with Crippen molar-refractivity contribution in [3.63, 3.8) is 0 Å². The first-order valence-electron chi connectivity index (χ1n) is 9.34. The minimum atomic E-state index is -0.155. The van der Waals surface area contributed by atoms with Crippen LogP contribution in [0.5, 0.6) is 0 Å². The number of thioether (sulfide) groups is 1. The topological polar surface area (TPSA) is 52.7 Å². The third kappa shape index (κ3) is 3.53. The second-order valence-electron chi connectivity index (χ2n) is 7.43. The number of Topliss-reactive ketones (excluding diaryl/α,β-unsaturated/α-hetero) is 1. The van der Waals surface area contributed by atoms with Crippen LogP contribution in [0.25, 0.3) is 0 Å². The number of nitrogens with one attached hydrogen (secondary N) is 1. The molecule has 3 aliphatic rings. The number of hydrazine groups is 1. The SMILES string of the molecule is CC(=O)C1SC=CN1NC1CCC(C(=O)N2Cc3ccccc3C2)CC1. The normalized spacial score (nSPS) is 27.7. The fraction of sp³-hybridized carbons (Fsp3) is 0.500. The third-order valence-electron chi connectivity index (χ3n) is 5.59. The van der Waals surface area contributed by atoms with Gasteiger partial charge in [-0.3, -0.25) is 14.6 Å². The summed E-state index contributed by atoms with van der Waals surface area (Å²) in [5.41, 5.74) is 6.04. The Morgan fingerprint density at radius 1 is 1.08 bits per heavy atom. The highest BCUT2D eigenvalue weighted by Gasteiger charge is 2.33. The minimum absolute atomic E-state index is 0.134. The van der Waals surface area contributed by atoms with Crippen LogP contribution >= 0.6 is 11.8 Å². The summed E-state index contributed by atoms with van der Waals surface area (Å²) in [7, 11) is 0. The largest absolute Gasteiger partial charge is 0.334 e. The molecule has 1 aliphatic carbocycles. The number of ketones is 1. The van der Waals surface area contributed by atoms with Gasteiger partial charge in [0.25, 0.3) is 0 Å². The third-order valence-corrected chi connectivity index (χ3v) is 6.69. The molecule has 0 bridgehead atoms. The summed E-state index contributed by atoms with van der Waals surface area (Å²) in [6.45, 7) is 3.13. The van der Waals surface area contributed by atoms with Crippen LogP contribution in [-0.2, 0) is 22.7 Å². The Labute approximate surface area is 158 Å². The molecule has 138 valence electrons. The Bertz CT molecular complexity index is 703. The van der Waals surface area contributed by atoms with E-state index in [0.717, 1.165) is 38.8 Å². The molecule has 0 radical (unpaired) electrons. The van der Waals surface area contributed by atoms with Gasteiger partial charge in [-0.05, 0) is 49.1 Å². The summed E-state index contributed by atoms with van der Waals surface area (Å²) < 4.78 is 0. The number of carbonyl (C=O) groups is 2. The summed E-state index contributed by atoms with van der Waals surface area (Å²) in [4.78, 5) is 26.6. The van der Waals surface area contributed by atoms with Crippen LogP contribution in [0.15, 0.2) is 35.9 Å². The lowest BCUT2D eigenvalue weighted by molar-refractivity contribution is -0.137. The molecule has 5 nitrogen and oxygen atoms in total. The van der Waals surface area contributed by atoms with E-state index in [1.165, 1.54) is 22.9 Å². The first-order valence-corrected chi connectivity index (χ1v) is 10.3. The zero-order chi connectivity index (χ0) is 18.1. The highest BCUT2D eigenvalue weighted by molar-refractivity contribution is 8.03. The molecule has 6 heteroatoms. The quantitative estimate of drug-likeness (QED) is 0.882. The van der Waals surface area contributed by atoms with E-state index >= 15 is 0 Å². The monoisotopic (exact) mass is 371 g/mol. The van der Waals surface area contributed by atoms with Crippen LogP contribution < -0.4 is 5.43 Å². The number of hydrogen-bond acceptors (Lipinski definition) is 5. The van der Waals surface area contributed by atoms with Gasteiger partial charge < -0.3 is 4.90 Å². The number of rotatable bonds is 4. The van der Waals surface area contributed by atoms with E-state index in [4.69, 9.17) is 0 Å². The average molecular weight is 372 g/mol. The van der Waals surface area contributed by atoms with Gasteiger partial charge in [0.05, 0.1) is 0 Å². The van der Waals surface area contributed by atoms with Crippen molar-refractivity contribution in [2.45, 2.75) is 57.1 Å². The van der Waals surface area contributed by atoms with Crippen molar-refractivity contribution < 1.29 is 9.59 Å². The minimum Gasteiger partial charge on any atom is -0.334 e.